The number of pyridine rings is 2. The van der Waals surface area contributed by atoms with E-state index in [9.17, 15) is 0 Å². The van der Waals surface area contributed by atoms with Crippen LogP contribution >= 0.6 is 0 Å². The number of nitrogens with zero attached hydrogens (tertiary/aromatic N) is 14. The number of hydrogen-bond donors (Lipinski definition) is 0. The van der Waals surface area contributed by atoms with Gasteiger partial charge in [0.2, 0.25) is 0 Å². The quantitative estimate of drug-likeness (QED) is 0.0792. The molecule has 0 fully saturated rings. The van der Waals surface area contributed by atoms with Crippen molar-refractivity contribution < 1.29 is 40.2 Å². The molecular formula is C61H56Ir2N14. The zero-order chi connectivity index (χ0) is 51.1. The summed E-state index contributed by atoms with van der Waals surface area (Å²) in [6.07, 6.45) is 36.0. The Hall–Kier alpha value is -8.00. The Balaban J connectivity index is 0.000000171. The summed E-state index contributed by atoms with van der Waals surface area (Å²) in [4.78, 5) is 10.0. The average Bonchev–Trinajstić information content (AvgIpc) is 4.27. The maximum absolute atomic E-state index is 5.02. The van der Waals surface area contributed by atoms with E-state index in [1.165, 1.54) is 11.1 Å². The second kappa shape index (κ2) is 27.2. The van der Waals surface area contributed by atoms with Crippen molar-refractivity contribution in [3.05, 3.63) is 301 Å². The summed E-state index contributed by atoms with van der Waals surface area (Å²) in [5.74, 6) is 0. The molecule has 14 nitrogen and oxygen atoms in total. The molecule has 388 valence electrons. The summed E-state index contributed by atoms with van der Waals surface area (Å²) >= 11 is 0. The molecule has 0 saturated heterocycles. The van der Waals surface area contributed by atoms with E-state index >= 15 is 0 Å². The van der Waals surface area contributed by atoms with Crippen molar-refractivity contribution in [1.29, 1.82) is 0 Å². The van der Waals surface area contributed by atoms with E-state index in [4.69, 9.17) is 9.97 Å². The Kier molecular flexibility index (Phi) is 19.5. The third kappa shape index (κ3) is 16.0. The molecule has 0 saturated carbocycles. The molecule has 0 radical (unpaired) electrons. The van der Waals surface area contributed by atoms with Gasteiger partial charge < -0.3 is 18.3 Å². The van der Waals surface area contributed by atoms with Crippen LogP contribution in [0.3, 0.4) is 0 Å². The van der Waals surface area contributed by atoms with Gasteiger partial charge in [0.15, 0.2) is 0 Å². The van der Waals surface area contributed by atoms with Crippen molar-refractivity contribution in [2.75, 3.05) is 0 Å². The number of rotatable bonds is 18. The number of aromatic nitrogens is 14. The molecule has 10 aromatic heterocycles. The third-order valence-electron chi connectivity index (χ3n) is 12.4. The summed E-state index contributed by atoms with van der Waals surface area (Å²) < 4.78 is 15.7. The minimum absolute atomic E-state index is 0. The smallest absolute Gasteiger partial charge is 0.466 e. The summed E-state index contributed by atoms with van der Waals surface area (Å²) in [5.41, 5.74) is 10.7. The molecular weight excluding hydrogens is 1310 g/mol. The van der Waals surface area contributed by atoms with E-state index < -0.39 is 0 Å². The fourth-order valence-electron chi connectivity index (χ4n) is 8.70. The van der Waals surface area contributed by atoms with E-state index in [0.29, 0.717) is 26.2 Å². The largest absolute Gasteiger partial charge is 3.00 e. The fraction of sp³-hybridized carbons (Fsp3) is 0.180. The zero-order valence-electron chi connectivity index (χ0n) is 42.7. The predicted molar refractivity (Wildman–Crippen MR) is 286 cm³/mol. The van der Waals surface area contributed by atoms with Gasteiger partial charge in [-0.05, 0) is 59.7 Å². The van der Waals surface area contributed by atoms with Crippen LogP contribution in [-0.2, 0) is 98.0 Å². The first kappa shape index (κ1) is 55.2. The maximum atomic E-state index is 5.02. The molecule has 10 heterocycles. The standard InChI is InChI=1S/C33H30N6.2C14H13N4.2Ir/c1-33(2,27-19-29(23-36-11-3-4-12-36)34-30(20-27)24-37-13-5-6-14-37)28-21-31(25-38-15-7-8-16-38)35-32(22-28)26-39-17-9-10-18-39;2*1-4-13(11-17-8-2-6-15-17)10-14(5-1)12-18-9-3-7-16-18;;/h3-11,13,15,17,19-22H,23-26H2,1-2H3;2*1-9H,11-12H2;;/q-4;2*-1;2*+3. The van der Waals surface area contributed by atoms with Crippen LogP contribution < -0.4 is 0 Å². The molecule has 0 aliphatic rings. The van der Waals surface area contributed by atoms with Gasteiger partial charge in [0.25, 0.3) is 0 Å². The first-order chi connectivity index (χ1) is 36.8. The molecule has 0 N–H and O–H groups in total. The summed E-state index contributed by atoms with van der Waals surface area (Å²) in [7, 11) is 0. The summed E-state index contributed by atoms with van der Waals surface area (Å²) in [5, 5.41) is 16.8. The van der Waals surface area contributed by atoms with E-state index in [-0.39, 0.29) is 45.6 Å². The molecule has 0 aliphatic heterocycles. The molecule has 0 atom stereocenters. The van der Waals surface area contributed by atoms with Crippen molar-refractivity contribution in [2.45, 2.75) is 71.6 Å². The van der Waals surface area contributed by atoms with Crippen molar-refractivity contribution in [2.24, 2.45) is 0 Å². The van der Waals surface area contributed by atoms with Crippen molar-refractivity contribution in [3.8, 4) is 0 Å². The number of hydrogen-bond acceptors (Lipinski definition) is 6. The molecule has 0 spiro atoms. The van der Waals surface area contributed by atoms with Gasteiger partial charge in [0, 0.05) is 107 Å². The summed E-state index contributed by atoms with van der Waals surface area (Å²) in [6.45, 7) is 10.2. The van der Waals surface area contributed by atoms with Crippen LogP contribution in [0.25, 0.3) is 0 Å². The van der Waals surface area contributed by atoms with Gasteiger partial charge in [-0.15, -0.1) is 71.8 Å². The summed E-state index contributed by atoms with van der Waals surface area (Å²) in [6, 6.07) is 51.5. The molecule has 77 heavy (non-hydrogen) atoms. The second-order valence-corrected chi connectivity index (χ2v) is 18.6. The first-order valence-corrected chi connectivity index (χ1v) is 24.8. The minimum atomic E-state index is -0.291. The molecule has 0 aliphatic carbocycles. The monoisotopic (exact) mass is 1370 g/mol. The van der Waals surface area contributed by atoms with Crippen molar-refractivity contribution in [1.82, 2.24) is 67.4 Å². The topological polar surface area (TPSA) is 117 Å². The van der Waals surface area contributed by atoms with E-state index in [1.54, 1.807) is 24.8 Å². The Bertz CT molecular complexity index is 3060. The van der Waals surface area contributed by atoms with Crippen LogP contribution in [0.2, 0.25) is 0 Å². The predicted octanol–water partition coefficient (Wildman–Crippen LogP) is 9.35. The van der Waals surface area contributed by atoms with E-state index in [1.807, 2.05) is 171 Å². The molecule has 12 aromatic rings. The van der Waals surface area contributed by atoms with E-state index in [0.717, 1.165) is 71.2 Å². The van der Waals surface area contributed by atoms with Crippen LogP contribution in [0.1, 0.15) is 70.0 Å². The number of benzene rings is 2. The van der Waals surface area contributed by atoms with Gasteiger partial charge >= 0.3 is 40.2 Å². The maximum Gasteiger partial charge on any atom is 3.00 e. The molecule has 2 aromatic carbocycles. The SMILES string of the molecule is CC(C)(c1cc(Cn2[c-]ccc2)nc(Cn2[c-]ccc2)c1)c1cc(Cn2[c-]ccc2)nc(Cn2[c-]ccc2)c1.[Ir+3].[Ir+3].[c-]1c(Cn2cccn2)cccc1Cn1cccn1.[c-]1c(Cn2cccn2)cccc1Cn1cccn1. The second-order valence-electron chi connectivity index (χ2n) is 18.6. The first-order valence-electron chi connectivity index (χ1n) is 24.8. The van der Waals surface area contributed by atoms with Crippen LogP contribution in [-0.4, -0.2) is 67.4 Å². The third-order valence-corrected chi connectivity index (χ3v) is 12.4. The van der Waals surface area contributed by atoms with Crippen molar-refractivity contribution in [3.63, 3.8) is 0 Å². The van der Waals surface area contributed by atoms with Crippen LogP contribution in [0.5, 0.6) is 0 Å². The van der Waals surface area contributed by atoms with Gasteiger partial charge in [0.1, 0.15) is 0 Å². The van der Waals surface area contributed by atoms with E-state index in [2.05, 4.69) is 120 Å². The minimum Gasteiger partial charge on any atom is -0.466 e. The van der Waals surface area contributed by atoms with Gasteiger partial charge in [0.05, 0.1) is 22.8 Å². The van der Waals surface area contributed by atoms with Crippen LogP contribution in [0.4, 0.5) is 0 Å². The van der Waals surface area contributed by atoms with Crippen molar-refractivity contribution >= 4 is 0 Å². The normalized spacial score (nSPS) is 10.9. The Morgan fingerprint density at radius 1 is 0.351 bits per heavy atom. The molecule has 16 heteroatoms. The Morgan fingerprint density at radius 3 is 0.844 bits per heavy atom. The van der Waals surface area contributed by atoms with Crippen LogP contribution in [0, 0.1) is 36.9 Å². The molecule has 12 rings (SSSR count). The Labute approximate surface area is 477 Å². The zero-order valence-corrected chi connectivity index (χ0v) is 47.5. The molecule has 0 bridgehead atoms. The van der Waals surface area contributed by atoms with Gasteiger partial charge in [-0.25, -0.2) is 0 Å². The van der Waals surface area contributed by atoms with Gasteiger partial charge in [-0.3, -0.25) is 28.7 Å². The fourth-order valence-corrected chi connectivity index (χ4v) is 8.70. The van der Waals surface area contributed by atoms with Crippen LogP contribution in [0.15, 0.2) is 208 Å². The average molecular weight is 1370 g/mol. The van der Waals surface area contributed by atoms with Gasteiger partial charge in [-0.2, -0.15) is 117 Å². The Morgan fingerprint density at radius 2 is 0.623 bits per heavy atom. The van der Waals surface area contributed by atoms with Gasteiger partial charge in [-0.1, -0.05) is 13.8 Å². The molecule has 0 unspecified atom stereocenters. The molecule has 0 amide bonds.